The van der Waals surface area contributed by atoms with Crippen molar-refractivity contribution in [1.29, 1.82) is 0 Å². The third kappa shape index (κ3) is 4.30. The minimum Gasteiger partial charge on any atom is -0.421 e. The van der Waals surface area contributed by atoms with Crippen LogP contribution in [0.25, 0.3) is 0 Å². The number of hydrogen-bond acceptors (Lipinski definition) is 5. The maximum absolute atomic E-state index is 12.5. The van der Waals surface area contributed by atoms with Gasteiger partial charge in [0.15, 0.2) is 0 Å². The molecule has 1 aromatic heterocycles. The van der Waals surface area contributed by atoms with Crippen LogP contribution in [0.15, 0.2) is 65.1 Å². The number of aromatic nitrogens is 2. The van der Waals surface area contributed by atoms with Crippen molar-refractivity contribution in [3.63, 3.8) is 0 Å². The van der Waals surface area contributed by atoms with Gasteiger partial charge in [-0.05, 0) is 24.6 Å². The summed E-state index contributed by atoms with van der Waals surface area (Å²) in [6.07, 6.45) is 0.542. The summed E-state index contributed by atoms with van der Waals surface area (Å²) in [5.41, 5.74) is 7.42. The van der Waals surface area contributed by atoms with Crippen LogP contribution in [0.4, 0.5) is 0 Å². The number of carbonyl (C=O) groups excluding carboxylic acids is 1. The third-order valence-corrected chi connectivity index (χ3v) is 3.77. The highest BCUT2D eigenvalue weighted by Crippen LogP contribution is 2.20. The summed E-state index contributed by atoms with van der Waals surface area (Å²) < 4.78 is 5.65. The van der Waals surface area contributed by atoms with E-state index in [9.17, 15) is 4.79 Å². The number of nitrogens with two attached hydrogens (primary N) is 1. The average Bonchev–Trinajstić information content (AvgIpc) is 3.13. The Morgan fingerprint density at radius 2 is 1.64 bits per heavy atom. The molecular weight excluding hydrogens is 316 g/mol. The normalized spacial score (nSPS) is 13.2. The van der Waals surface area contributed by atoms with Gasteiger partial charge in [0.2, 0.25) is 11.8 Å². The predicted molar refractivity (Wildman–Crippen MR) is 93.7 cm³/mol. The maximum atomic E-state index is 12.5. The summed E-state index contributed by atoms with van der Waals surface area (Å²) in [5.74, 6) is 0.504. The summed E-state index contributed by atoms with van der Waals surface area (Å²) in [7, 11) is 0. The molecule has 0 radical (unpaired) electrons. The summed E-state index contributed by atoms with van der Waals surface area (Å²) in [5, 5.41) is 11.0. The molecule has 6 heteroatoms. The largest absolute Gasteiger partial charge is 0.421 e. The lowest BCUT2D eigenvalue weighted by Gasteiger charge is -2.15. The van der Waals surface area contributed by atoms with Crippen LogP contribution >= 0.6 is 0 Å². The standard InChI is InChI=1S/C19H20N4O2/c1-13(20)18-22-23-19(25-18)16(12-14-8-4-2-5-9-14)21-17(24)15-10-6-3-7-11-15/h2-11,13,16H,12,20H2,1H3,(H,21,24). The molecule has 1 heterocycles. The van der Waals surface area contributed by atoms with Crippen molar-refractivity contribution >= 4 is 5.91 Å². The minimum absolute atomic E-state index is 0.193. The van der Waals surface area contributed by atoms with E-state index >= 15 is 0 Å². The molecule has 3 aromatic rings. The van der Waals surface area contributed by atoms with E-state index in [0.29, 0.717) is 23.8 Å². The molecule has 2 atom stereocenters. The highest BCUT2D eigenvalue weighted by atomic mass is 16.4. The van der Waals surface area contributed by atoms with E-state index in [4.69, 9.17) is 10.2 Å². The molecule has 6 nitrogen and oxygen atoms in total. The number of rotatable bonds is 6. The van der Waals surface area contributed by atoms with Gasteiger partial charge in [0, 0.05) is 12.0 Å². The van der Waals surface area contributed by atoms with Crippen molar-refractivity contribution in [2.75, 3.05) is 0 Å². The Bertz CT molecular complexity index is 816. The van der Waals surface area contributed by atoms with Gasteiger partial charge >= 0.3 is 0 Å². The molecule has 0 saturated heterocycles. The molecule has 25 heavy (non-hydrogen) atoms. The molecule has 1 amide bonds. The Kier molecular flexibility index (Phi) is 5.20. The van der Waals surface area contributed by atoms with Crippen LogP contribution in [-0.2, 0) is 6.42 Å². The average molecular weight is 336 g/mol. The minimum atomic E-state index is -0.435. The van der Waals surface area contributed by atoms with E-state index in [1.54, 1.807) is 19.1 Å². The molecule has 0 aliphatic heterocycles. The summed E-state index contributed by atoms with van der Waals surface area (Å²) in [4.78, 5) is 12.5. The molecule has 2 aromatic carbocycles. The molecular formula is C19H20N4O2. The predicted octanol–water partition coefficient (Wildman–Crippen LogP) is 2.80. The lowest BCUT2D eigenvalue weighted by Crippen LogP contribution is -2.30. The Labute approximate surface area is 146 Å². The van der Waals surface area contributed by atoms with Crippen molar-refractivity contribution in [2.45, 2.75) is 25.4 Å². The summed E-state index contributed by atoms with van der Waals surface area (Å²) in [6, 6.07) is 18.1. The zero-order valence-corrected chi connectivity index (χ0v) is 13.9. The molecule has 0 aliphatic carbocycles. The quantitative estimate of drug-likeness (QED) is 0.722. The first-order chi connectivity index (χ1) is 12.1. The highest BCUT2D eigenvalue weighted by molar-refractivity contribution is 5.94. The first kappa shape index (κ1) is 16.9. The summed E-state index contributed by atoms with van der Waals surface area (Å²) in [6.45, 7) is 1.77. The van der Waals surface area contributed by atoms with E-state index < -0.39 is 6.04 Å². The molecule has 3 rings (SSSR count). The van der Waals surface area contributed by atoms with E-state index in [1.165, 1.54) is 0 Å². The van der Waals surface area contributed by atoms with Crippen molar-refractivity contribution in [3.05, 3.63) is 83.6 Å². The first-order valence-corrected chi connectivity index (χ1v) is 8.12. The van der Waals surface area contributed by atoms with Gasteiger partial charge in [0.05, 0.1) is 6.04 Å². The molecule has 0 aliphatic rings. The lowest BCUT2D eigenvalue weighted by molar-refractivity contribution is 0.0929. The van der Waals surface area contributed by atoms with E-state index in [0.717, 1.165) is 5.56 Å². The Morgan fingerprint density at radius 1 is 1.04 bits per heavy atom. The van der Waals surface area contributed by atoms with Crippen LogP contribution in [0, 0.1) is 0 Å². The molecule has 2 unspecified atom stereocenters. The Morgan fingerprint density at radius 3 is 2.24 bits per heavy atom. The van der Waals surface area contributed by atoms with Crippen LogP contribution in [0.1, 0.15) is 46.7 Å². The van der Waals surface area contributed by atoms with Gasteiger partial charge < -0.3 is 15.5 Å². The number of amides is 1. The van der Waals surface area contributed by atoms with Crippen LogP contribution in [0.3, 0.4) is 0 Å². The fraction of sp³-hybridized carbons (Fsp3) is 0.211. The molecule has 0 spiro atoms. The molecule has 0 fully saturated rings. The van der Waals surface area contributed by atoms with Crippen LogP contribution in [0.2, 0.25) is 0 Å². The lowest BCUT2D eigenvalue weighted by atomic mass is 10.1. The second-order valence-electron chi connectivity index (χ2n) is 5.85. The fourth-order valence-corrected chi connectivity index (χ4v) is 2.45. The topological polar surface area (TPSA) is 94.0 Å². The fourth-order valence-electron chi connectivity index (χ4n) is 2.45. The van der Waals surface area contributed by atoms with Gasteiger partial charge in [-0.1, -0.05) is 48.5 Å². The van der Waals surface area contributed by atoms with Gasteiger partial charge in [-0.25, -0.2) is 0 Å². The van der Waals surface area contributed by atoms with E-state index in [2.05, 4.69) is 15.5 Å². The van der Waals surface area contributed by atoms with Gasteiger partial charge in [0.25, 0.3) is 5.91 Å². The van der Waals surface area contributed by atoms with E-state index in [1.807, 2.05) is 48.5 Å². The van der Waals surface area contributed by atoms with Gasteiger partial charge in [-0.15, -0.1) is 10.2 Å². The highest BCUT2D eigenvalue weighted by Gasteiger charge is 2.23. The maximum Gasteiger partial charge on any atom is 0.251 e. The Balaban J connectivity index is 1.84. The third-order valence-electron chi connectivity index (χ3n) is 3.77. The Hall–Kier alpha value is -2.99. The molecule has 3 N–H and O–H groups in total. The molecule has 128 valence electrons. The zero-order valence-electron chi connectivity index (χ0n) is 13.9. The molecule has 0 bridgehead atoms. The summed E-state index contributed by atoms with van der Waals surface area (Å²) >= 11 is 0. The number of nitrogens with one attached hydrogen (secondary N) is 1. The number of carbonyl (C=O) groups is 1. The number of nitrogens with zero attached hydrogens (tertiary/aromatic N) is 2. The van der Waals surface area contributed by atoms with Crippen molar-refractivity contribution in [3.8, 4) is 0 Å². The molecule has 0 saturated carbocycles. The van der Waals surface area contributed by atoms with Crippen molar-refractivity contribution in [1.82, 2.24) is 15.5 Å². The van der Waals surface area contributed by atoms with E-state index in [-0.39, 0.29) is 11.9 Å². The van der Waals surface area contributed by atoms with Gasteiger partial charge in [-0.2, -0.15) is 0 Å². The SMILES string of the molecule is CC(N)c1nnc(C(Cc2ccccc2)NC(=O)c2ccccc2)o1. The van der Waals surface area contributed by atoms with Crippen LogP contribution in [0.5, 0.6) is 0 Å². The zero-order chi connectivity index (χ0) is 17.6. The smallest absolute Gasteiger partial charge is 0.251 e. The second-order valence-corrected chi connectivity index (χ2v) is 5.85. The second kappa shape index (κ2) is 7.72. The van der Waals surface area contributed by atoms with Crippen LogP contribution in [-0.4, -0.2) is 16.1 Å². The van der Waals surface area contributed by atoms with Crippen LogP contribution < -0.4 is 11.1 Å². The number of benzene rings is 2. The first-order valence-electron chi connectivity index (χ1n) is 8.12. The monoisotopic (exact) mass is 336 g/mol. The van der Waals surface area contributed by atoms with Crippen molar-refractivity contribution in [2.24, 2.45) is 5.73 Å². The number of hydrogen-bond donors (Lipinski definition) is 2. The van der Waals surface area contributed by atoms with Gasteiger partial charge in [-0.3, -0.25) is 4.79 Å². The van der Waals surface area contributed by atoms with Gasteiger partial charge in [0.1, 0.15) is 6.04 Å². The van der Waals surface area contributed by atoms with Crippen molar-refractivity contribution < 1.29 is 9.21 Å².